The van der Waals surface area contributed by atoms with Crippen molar-refractivity contribution < 1.29 is 14.3 Å². The van der Waals surface area contributed by atoms with Crippen LogP contribution in [-0.4, -0.2) is 29.9 Å². The van der Waals surface area contributed by atoms with Gasteiger partial charge in [0.15, 0.2) is 6.61 Å². The zero-order chi connectivity index (χ0) is 28.4. The Bertz CT molecular complexity index is 1060. The average Bonchev–Trinajstić information content (AvgIpc) is 3.36. The maximum Gasteiger partial charge on any atom is 0.262 e. The number of hydrogen-bond acceptors (Lipinski definition) is 5. The molecule has 0 aliphatic carbocycles. The second-order valence-corrected chi connectivity index (χ2v) is 11.8. The molecule has 2 aromatic carbocycles. The van der Waals surface area contributed by atoms with Crippen molar-refractivity contribution >= 4 is 35.0 Å². The molecule has 1 aliphatic rings. The van der Waals surface area contributed by atoms with Crippen LogP contribution in [0, 0.1) is 0 Å². The minimum Gasteiger partial charge on any atom is -0.492 e. The molecule has 0 spiro atoms. The minimum atomic E-state index is -0.209. The van der Waals surface area contributed by atoms with Crippen LogP contribution in [0.15, 0.2) is 53.6 Å². The number of amides is 1. The predicted molar refractivity (Wildman–Crippen MR) is 170 cm³/mol. The van der Waals surface area contributed by atoms with Gasteiger partial charge in [-0.15, -0.1) is 11.8 Å². The molecule has 40 heavy (non-hydrogen) atoms. The highest BCUT2D eigenvalue weighted by Gasteiger charge is 2.15. The summed E-state index contributed by atoms with van der Waals surface area (Å²) in [5.41, 5.74) is 3.12. The number of ether oxygens (including phenoxy) is 2. The highest BCUT2D eigenvalue weighted by Crippen LogP contribution is 2.30. The summed E-state index contributed by atoms with van der Waals surface area (Å²) in [7, 11) is 0. The van der Waals surface area contributed by atoms with Crippen molar-refractivity contribution in [1.82, 2.24) is 4.90 Å². The summed E-state index contributed by atoms with van der Waals surface area (Å²) < 4.78 is 11.6. The van der Waals surface area contributed by atoms with Crippen LogP contribution in [0.25, 0.3) is 0 Å². The maximum atomic E-state index is 12.6. The summed E-state index contributed by atoms with van der Waals surface area (Å²) in [5, 5.41) is 5.65. The largest absolute Gasteiger partial charge is 0.492 e. The zero-order valence-electron chi connectivity index (χ0n) is 24.4. The number of carbonyl (C=O) groups is 1. The van der Waals surface area contributed by atoms with Gasteiger partial charge in [-0.1, -0.05) is 107 Å². The molecule has 2 aromatic rings. The van der Waals surface area contributed by atoms with E-state index in [2.05, 4.69) is 29.5 Å². The van der Waals surface area contributed by atoms with Crippen molar-refractivity contribution in [3.05, 3.63) is 64.2 Å². The van der Waals surface area contributed by atoms with Gasteiger partial charge in [0, 0.05) is 24.0 Å². The van der Waals surface area contributed by atoms with E-state index in [-0.39, 0.29) is 12.5 Å². The van der Waals surface area contributed by atoms with Crippen LogP contribution >= 0.6 is 23.4 Å². The number of benzene rings is 2. The fourth-order valence-corrected chi connectivity index (χ4v) is 5.89. The quantitative estimate of drug-likeness (QED) is 0.156. The normalized spacial score (nSPS) is 12.9. The molecular weight excluding hydrogens is 540 g/mol. The average molecular weight is 587 g/mol. The van der Waals surface area contributed by atoms with Gasteiger partial charge in [-0.25, -0.2) is 0 Å². The van der Waals surface area contributed by atoms with Gasteiger partial charge in [-0.3, -0.25) is 4.79 Å². The lowest BCUT2D eigenvalue weighted by molar-refractivity contribution is -0.118. The van der Waals surface area contributed by atoms with Crippen molar-refractivity contribution in [2.24, 2.45) is 0 Å². The van der Waals surface area contributed by atoms with Crippen molar-refractivity contribution in [2.75, 3.05) is 24.4 Å². The third-order valence-electron chi connectivity index (χ3n) is 7.16. The number of carbonyl (C=O) groups excluding carboxylic acids is 1. The Hall–Kier alpha value is -2.31. The number of halogens is 1. The zero-order valence-corrected chi connectivity index (χ0v) is 26.0. The number of anilines is 1. The fraction of sp³-hybridized carbons (Fsp3) is 0.545. The Morgan fingerprint density at radius 3 is 2.25 bits per heavy atom. The molecule has 0 saturated heterocycles. The van der Waals surface area contributed by atoms with Crippen molar-refractivity contribution in [3.8, 4) is 11.5 Å². The molecular formula is C33H47ClN2O3S. The van der Waals surface area contributed by atoms with Gasteiger partial charge >= 0.3 is 0 Å². The van der Waals surface area contributed by atoms with Crippen molar-refractivity contribution in [3.63, 3.8) is 0 Å². The van der Waals surface area contributed by atoms with Crippen LogP contribution in [0.1, 0.15) is 96.5 Å². The van der Waals surface area contributed by atoms with Gasteiger partial charge in [0.1, 0.15) is 11.5 Å². The molecule has 220 valence electrons. The molecule has 1 N–H and O–H groups in total. The lowest BCUT2D eigenvalue weighted by Gasteiger charge is -2.21. The lowest BCUT2D eigenvalue weighted by Crippen LogP contribution is -2.22. The molecule has 1 amide bonds. The van der Waals surface area contributed by atoms with E-state index in [4.69, 9.17) is 21.1 Å². The van der Waals surface area contributed by atoms with Gasteiger partial charge < -0.3 is 19.7 Å². The molecule has 0 saturated carbocycles. The Morgan fingerprint density at radius 2 is 1.60 bits per heavy atom. The summed E-state index contributed by atoms with van der Waals surface area (Å²) in [6.45, 7) is 5.69. The molecule has 0 unspecified atom stereocenters. The summed E-state index contributed by atoms with van der Waals surface area (Å²) in [5.74, 6) is 1.91. The molecule has 3 rings (SSSR count). The van der Waals surface area contributed by atoms with Crippen LogP contribution in [0.3, 0.4) is 0 Å². The molecule has 0 radical (unpaired) electrons. The number of nitrogens with zero attached hydrogens (tertiary/aromatic N) is 1. The highest BCUT2D eigenvalue weighted by atomic mass is 35.5. The topological polar surface area (TPSA) is 50.8 Å². The minimum absolute atomic E-state index is 0.0950. The Labute approximate surface area is 251 Å². The summed E-state index contributed by atoms with van der Waals surface area (Å²) in [6, 6.07) is 13.2. The summed E-state index contributed by atoms with van der Waals surface area (Å²) >= 11 is 8.21. The van der Waals surface area contributed by atoms with Gasteiger partial charge in [0.25, 0.3) is 5.91 Å². The number of allylic oxidation sites excluding steroid dienone is 1. The first-order valence-corrected chi connectivity index (χ1v) is 16.5. The highest BCUT2D eigenvalue weighted by molar-refractivity contribution is 8.02. The first-order chi connectivity index (χ1) is 19.6. The van der Waals surface area contributed by atoms with Gasteiger partial charge in [-0.2, -0.15) is 0 Å². The van der Waals surface area contributed by atoms with Crippen molar-refractivity contribution in [1.29, 1.82) is 0 Å². The van der Waals surface area contributed by atoms with Crippen molar-refractivity contribution in [2.45, 2.75) is 97.4 Å². The molecule has 0 bridgehead atoms. The third-order valence-corrected chi connectivity index (χ3v) is 8.43. The second kappa shape index (κ2) is 18.9. The Balaban J connectivity index is 1.29. The lowest BCUT2D eigenvalue weighted by atomic mass is 10.1. The summed E-state index contributed by atoms with van der Waals surface area (Å²) in [6.07, 6.45) is 15.8. The predicted octanol–water partition coefficient (Wildman–Crippen LogP) is 9.80. The Kier molecular flexibility index (Phi) is 15.2. The molecule has 1 heterocycles. The monoisotopic (exact) mass is 586 g/mol. The number of para-hydroxylation sites is 1. The van der Waals surface area contributed by atoms with Gasteiger partial charge in [0.05, 0.1) is 17.5 Å². The van der Waals surface area contributed by atoms with E-state index >= 15 is 0 Å². The number of hydrogen-bond donors (Lipinski definition) is 1. The standard InChI is InChI=1S/C33H47ClN2O3S/c1-3-4-5-6-7-8-9-10-11-12-13-16-21-38-32-20-19-29(22-30(32)34)39-24-33(37)35-31-18-15-14-17-28(31)23-36-26-40-25-27(36)2/h14-15,17-20,22,25H,3-13,16,21,23-24,26H2,1-2H3,(H,35,37). The van der Waals surface area contributed by atoms with E-state index in [0.29, 0.717) is 23.1 Å². The van der Waals surface area contributed by atoms with Gasteiger partial charge in [-0.05, 0) is 42.5 Å². The van der Waals surface area contributed by atoms with Gasteiger partial charge in [0.2, 0.25) is 0 Å². The van der Waals surface area contributed by atoms with Crippen LogP contribution < -0.4 is 14.8 Å². The second-order valence-electron chi connectivity index (χ2n) is 10.6. The first kappa shape index (κ1) is 32.2. The molecule has 0 atom stereocenters. The molecule has 0 aromatic heterocycles. The van der Waals surface area contributed by atoms with Crippen LogP contribution in [0.4, 0.5) is 5.69 Å². The van der Waals surface area contributed by atoms with E-state index in [0.717, 1.165) is 30.1 Å². The molecule has 5 nitrogen and oxygen atoms in total. The molecule has 1 aliphatic heterocycles. The Morgan fingerprint density at radius 1 is 0.925 bits per heavy atom. The summed E-state index contributed by atoms with van der Waals surface area (Å²) in [4.78, 5) is 14.9. The molecule has 0 fully saturated rings. The SMILES string of the molecule is CCCCCCCCCCCCCCOc1ccc(OCC(=O)Nc2ccccc2CN2CSC=C2C)cc1Cl. The first-order valence-electron chi connectivity index (χ1n) is 15.0. The smallest absolute Gasteiger partial charge is 0.262 e. The maximum absolute atomic E-state index is 12.6. The number of unbranched alkanes of at least 4 members (excludes halogenated alkanes) is 11. The third kappa shape index (κ3) is 12.1. The van der Waals surface area contributed by atoms with Crippen LogP contribution in [0.5, 0.6) is 11.5 Å². The van der Waals surface area contributed by atoms with Crippen LogP contribution in [0.2, 0.25) is 5.02 Å². The number of rotatable bonds is 20. The number of thioether (sulfide) groups is 1. The van der Waals surface area contributed by atoms with E-state index in [9.17, 15) is 4.79 Å². The van der Waals surface area contributed by atoms with E-state index in [1.54, 1.807) is 23.9 Å². The van der Waals surface area contributed by atoms with E-state index < -0.39 is 0 Å². The molecule has 7 heteroatoms. The fourth-order valence-electron chi connectivity index (χ4n) is 4.73. The van der Waals surface area contributed by atoms with E-state index in [1.165, 1.54) is 76.3 Å². The van der Waals surface area contributed by atoms with E-state index in [1.807, 2.05) is 30.3 Å². The number of nitrogens with one attached hydrogen (secondary N) is 1. The van der Waals surface area contributed by atoms with Crippen LogP contribution in [-0.2, 0) is 11.3 Å².